The van der Waals surface area contributed by atoms with Crippen molar-refractivity contribution in [3.05, 3.63) is 30.3 Å². The second kappa shape index (κ2) is 6.09. The lowest BCUT2D eigenvalue weighted by atomic mass is 9.81. The van der Waals surface area contributed by atoms with Gasteiger partial charge in [-0.1, -0.05) is 44.9 Å². The molecular weight excluding hydrogens is 206 g/mol. The van der Waals surface area contributed by atoms with E-state index in [4.69, 9.17) is 0 Å². The summed E-state index contributed by atoms with van der Waals surface area (Å²) < 4.78 is 0. The number of nitrogens with one attached hydrogen (secondary N) is 1. The first kappa shape index (κ1) is 12.5. The topological polar surface area (TPSA) is 12.0 Å². The van der Waals surface area contributed by atoms with Crippen LogP contribution in [0.25, 0.3) is 0 Å². The Morgan fingerprint density at radius 1 is 1.18 bits per heavy atom. The molecule has 2 rings (SSSR count). The smallest absolute Gasteiger partial charge is 0.0342 e. The highest BCUT2D eigenvalue weighted by Crippen LogP contribution is 2.30. The molecule has 2 atom stereocenters. The van der Waals surface area contributed by atoms with Crippen molar-refractivity contribution in [3.63, 3.8) is 0 Å². The third-order valence-electron chi connectivity index (χ3n) is 3.73. The zero-order valence-corrected chi connectivity index (χ0v) is 11.2. The van der Waals surface area contributed by atoms with Gasteiger partial charge in [-0.25, -0.2) is 0 Å². The second-order valence-corrected chi connectivity index (χ2v) is 5.87. The van der Waals surface area contributed by atoms with Gasteiger partial charge in [-0.3, -0.25) is 0 Å². The maximum absolute atomic E-state index is 3.68. The number of benzene rings is 1. The summed E-state index contributed by atoms with van der Waals surface area (Å²) in [5.74, 6) is 1.78. The first-order valence-electron chi connectivity index (χ1n) is 7.05. The van der Waals surface area contributed by atoms with E-state index in [0.29, 0.717) is 6.04 Å². The molecule has 0 amide bonds. The summed E-state index contributed by atoms with van der Waals surface area (Å²) in [5.41, 5.74) is 1.28. The number of rotatable bonds is 4. The highest BCUT2D eigenvalue weighted by Gasteiger charge is 2.22. The third-order valence-corrected chi connectivity index (χ3v) is 3.73. The van der Waals surface area contributed by atoms with E-state index >= 15 is 0 Å². The molecular formula is C16H25N. The molecule has 1 aromatic rings. The van der Waals surface area contributed by atoms with Crippen molar-refractivity contribution >= 4 is 5.69 Å². The number of hydrogen-bond acceptors (Lipinski definition) is 1. The molecule has 94 valence electrons. The van der Waals surface area contributed by atoms with E-state index in [1.165, 1.54) is 37.8 Å². The van der Waals surface area contributed by atoms with E-state index in [0.717, 1.165) is 11.8 Å². The summed E-state index contributed by atoms with van der Waals surface area (Å²) in [6.07, 6.45) is 6.91. The normalized spacial score (nSPS) is 24.9. The summed E-state index contributed by atoms with van der Waals surface area (Å²) in [7, 11) is 0. The standard InChI is InChI=1S/C16H25N/c1-13(2)11-14-7-6-10-16(12-14)17-15-8-4-3-5-9-15/h3-5,8-9,13-14,16-17H,6-7,10-12H2,1-2H3. The molecule has 1 saturated carbocycles. The van der Waals surface area contributed by atoms with Gasteiger partial charge in [-0.05, 0) is 43.2 Å². The summed E-state index contributed by atoms with van der Waals surface area (Å²) in [6.45, 7) is 4.68. The lowest BCUT2D eigenvalue weighted by Crippen LogP contribution is -2.27. The van der Waals surface area contributed by atoms with Crippen LogP contribution < -0.4 is 5.32 Å². The minimum atomic E-state index is 0.690. The van der Waals surface area contributed by atoms with E-state index in [1.54, 1.807) is 0 Å². The lowest BCUT2D eigenvalue weighted by Gasteiger charge is -2.31. The molecule has 1 N–H and O–H groups in total. The van der Waals surface area contributed by atoms with Gasteiger partial charge in [0.1, 0.15) is 0 Å². The molecule has 1 aliphatic rings. The van der Waals surface area contributed by atoms with Crippen LogP contribution >= 0.6 is 0 Å². The number of para-hydroxylation sites is 1. The quantitative estimate of drug-likeness (QED) is 0.791. The zero-order valence-electron chi connectivity index (χ0n) is 11.2. The minimum absolute atomic E-state index is 0.690. The van der Waals surface area contributed by atoms with Gasteiger partial charge in [0, 0.05) is 11.7 Å². The fourth-order valence-electron chi connectivity index (χ4n) is 3.07. The number of anilines is 1. The maximum Gasteiger partial charge on any atom is 0.0342 e. The maximum atomic E-state index is 3.68. The fraction of sp³-hybridized carbons (Fsp3) is 0.625. The average Bonchev–Trinajstić information content (AvgIpc) is 2.30. The van der Waals surface area contributed by atoms with Crippen LogP contribution in [-0.2, 0) is 0 Å². The Kier molecular flexibility index (Phi) is 4.47. The van der Waals surface area contributed by atoms with Crippen molar-refractivity contribution < 1.29 is 0 Å². The molecule has 0 radical (unpaired) electrons. The van der Waals surface area contributed by atoms with E-state index in [-0.39, 0.29) is 0 Å². The van der Waals surface area contributed by atoms with E-state index in [1.807, 2.05) is 0 Å². The van der Waals surface area contributed by atoms with Gasteiger partial charge in [0.25, 0.3) is 0 Å². The van der Waals surface area contributed by atoms with Crippen molar-refractivity contribution in [3.8, 4) is 0 Å². The minimum Gasteiger partial charge on any atom is -0.382 e. The van der Waals surface area contributed by atoms with E-state index in [2.05, 4.69) is 49.5 Å². The molecule has 0 aromatic heterocycles. The molecule has 1 fully saturated rings. The summed E-state index contributed by atoms with van der Waals surface area (Å²) in [4.78, 5) is 0. The summed E-state index contributed by atoms with van der Waals surface area (Å²) >= 11 is 0. The Hall–Kier alpha value is -0.980. The average molecular weight is 231 g/mol. The Balaban J connectivity index is 1.85. The first-order valence-corrected chi connectivity index (χ1v) is 7.05. The van der Waals surface area contributed by atoms with Gasteiger partial charge in [0.05, 0.1) is 0 Å². The fourth-order valence-corrected chi connectivity index (χ4v) is 3.07. The van der Waals surface area contributed by atoms with Gasteiger partial charge in [0.2, 0.25) is 0 Å². The molecule has 1 nitrogen and oxygen atoms in total. The lowest BCUT2D eigenvalue weighted by molar-refractivity contribution is 0.289. The molecule has 0 bridgehead atoms. The van der Waals surface area contributed by atoms with E-state index in [9.17, 15) is 0 Å². The predicted octanol–water partition coefficient (Wildman–Crippen LogP) is 4.70. The van der Waals surface area contributed by atoms with Crippen LogP contribution in [0.15, 0.2) is 30.3 Å². The Morgan fingerprint density at radius 2 is 1.94 bits per heavy atom. The summed E-state index contributed by atoms with van der Waals surface area (Å²) in [5, 5.41) is 3.68. The van der Waals surface area contributed by atoms with Crippen molar-refractivity contribution in [2.45, 2.75) is 52.0 Å². The first-order chi connectivity index (χ1) is 8.24. The van der Waals surface area contributed by atoms with Crippen molar-refractivity contribution in [2.75, 3.05) is 5.32 Å². The molecule has 0 heterocycles. The molecule has 0 aliphatic heterocycles. The zero-order chi connectivity index (χ0) is 12.1. The van der Waals surface area contributed by atoms with Crippen LogP contribution in [0, 0.1) is 11.8 Å². The van der Waals surface area contributed by atoms with Gasteiger partial charge in [0.15, 0.2) is 0 Å². The Labute approximate surface area is 106 Å². The largest absolute Gasteiger partial charge is 0.382 e. The molecule has 1 heteroatoms. The van der Waals surface area contributed by atoms with Crippen molar-refractivity contribution in [1.29, 1.82) is 0 Å². The molecule has 0 saturated heterocycles. The molecule has 0 spiro atoms. The van der Waals surface area contributed by atoms with Crippen LogP contribution in [0.4, 0.5) is 5.69 Å². The monoisotopic (exact) mass is 231 g/mol. The Bertz CT molecular complexity index is 318. The predicted molar refractivity (Wildman–Crippen MR) is 75.3 cm³/mol. The molecule has 1 aliphatic carbocycles. The van der Waals surface area contributed by atoms with Crippen molar-refractivity contribution in [2.24, 2.45) is 11.8 Å². The van der Waals surface area contributed by atoms with Crippen LogP contribution in [0.3, 0.4) is 0 Å². The van der Waals surface area contributed by atoms with Gasteiger partial charge in [-0.15, -0.1) is 0 Å². The third kappa shape index (κ3) is 4.07. The number of hydrogen-bond donors (Lipinski definition) is 1. The molecule has 17 heavy (non-hydrogen) atoms. The molecule has 2 unspecified atom stereocenters. The summed E-state index contributed by atoms with van der Waals surface area (Å²) in [6, 6.07) is 11.3. The van der Waals surface area contributed by atoms with Crippen LogP contribution in [0.1, 0.15) is 46.0 Å². The van der Waals surface area contributed by atoms with Crippen LogP contribution in [0.5, 0.6) is 0 Å². The van der Waals surface area contributed by atoms with Crippen molar-refractivity contribution in [1.82, 2.24) is 0 Å². The van der Waals surface area contributed by atoms with Gasteiger partial charge >= 0.3 is 0 Å². The Morgan fingerprint density at radius 3 is 2.65 bits per heavy atom. The molecule has 1 aromatic carbocycles. The highest BCUT2D eigenvalue weighted by atomic mass is 14.9. The van der Waals surface area contributed by atoms with Crippen LogP contribution in [-0.4, -0.2) is 6.04 Å². The van der Waals surface area contributed by atoms with Gasteiger partial charge < -0.3 is 5.32 Å². The highest BCUT2D eigenvalue weighted by molar-refractivity contribution is 5.43. The van der Waals surface area contributed by atoms with E-state index < -0.39 is 0 Å². The van der Waals surface area contributed by atoms with Crippen LogP contribution in [0.2, 0.25) is 0 Å². The SMILES string of the molecule is CC(C)CC1CCCC(Nc2ccccc2)C1. The second-order valence-electron chi connectivity index (χ2n) is 5.87. The van der Waals surface area contributed by atoms with Gasteiger partial charge in [-0.2, -0.15) is 0 Å².